The van der Waals surface area contributed by atoms with Crippen LogP contribution in [0.1, 0.15) is 15.9 Å². The summed E-state index contributed by atoms with van der Waals surface area (Å²) in [5.74, 6) is 0.849. The Balaban J connectivity index is 1.97. The summed E-state index contributed by atoms with van der Waals surface area (Å²) < 4.78 is 16.8. The predicted molar refractivity (Wildman–Crippen MR) is 87.3 cm³/mol. The van der Waals surface area contributed by atoms with Crippen LogP contribution in [0, 0.1) is 0 Å². The molecular formula is C15H17NO3S2. The van der Waals surface area contributed by atoms with Crippen molar-refractivity contribution >= 4 is 33.7 Å². The average Bonchev–Trinajstić information content (AvgIpc) is 3.00. The number of hydrogen-bond donors (Lipinski definition) is 1. The molecule has 6 heteroatoms. The fourth-order valence-corrected chi connectivity index (χ4v) is 3.45. The van der Waals surface area contributed by atoms with Crippen LogP contribution in [0.5, 0.6) is 0 Å². The lowest BCUT2D eigenvalue weighted by Gasteiger charge is -2.07. The molecule has 0 bridgehead atoms. The SMILES string of the molecule is COCC[S@@](=O)Cc1cccc(NC(=O)c2ccsc2)c1. The highest BCUT2D eigenvalue weighted by molar-refractivity contribution is 7.84. The lowest BCUT2D eigenvalue weighted by molar-refractivity contribution is 0.102. The Hall–Kier alpha value is -1.50. The van der Waals surface area contributed by atoms with E-state index in [0.29, 0.717) is 29.4 Å². The van der Waals surface area contributed by atoms with Crippen LogP contribution in [0.25, 0.3) is 0 Å². The molecule has 1 aromatic carbocycles. The first kappa shape index (κ1) is 15.9. The van der Waals surface area contributed by atoms with Gasteiger partial charge in [0.25, 0.3) is 5.91 Å². The summed E-state index contributed by atoms with van der Waals surface area (Å²) in [4.78, 5) is 12.0. The van der Waals surface area contributed by atoms with Crippen molar-refractivity contribution in [2.45, 2.75) is 5.75 Å². The van der Waals surface area contributed by atoms with Gasteiger partial charge in [-0.2, -0.15) is 11.3 Å². The number of carbonyl (C=O) groups excluding carboxylic acids is 1. The van der Waals surface area contributed by atoms with E-state index in [1.807, 2.05) is 29.6 Å². The second-order valence-corrected chi connectivity index (χ2v) is 6.80. The number of rotatable bonds is 7. The standard InChI is InChI=1S/C15H17NO3S2/c1-19-6-8-21(18)11-12-3-2-4-14(9-12)16-15(17)13-5-7-20-10-13/h2-5,7,9-10H,6,8,11H2,1H3,(H,16,17)/t21-/m1/s1. The van der Waals surface area contributed by atoms with E-state index in [0.717, 1.165) is 5.56 Å². The van der Waals surface area contributed by atoms with Crippen LogP contribution in [0.3, 0.4) is 0 Å². The summed E-state index contributed by atoms with van der Waals surface area (Å²) in [6, 6.07) is 9.22. The van der Waals surface area contributed by atoms with Gasteiger partial charge < -0.3 is 10.1 Å². The fraction of sp³-hybridized carbons (Fsp3) is 0.267. The molecule has 0 spiro atoms. The monoisotopic (exact) mass is 323 g/mol. The predicted octanol–water partition coefficient (Wildman–Crippen LogP) is 2.90. The molecule has 1 heterocycles. The number of carbonyl (C=O) groups is 1. The summed E-state index contributed by atoms with van der Waals surface area (Å²) in [5, 5.41) is 6.52. The minimum absolute atomic E-state index is 0.131. The van der Waals surface area contributed by atoms with Gasteiger partial charge in [-0.1, -0.05) is 12.1 Å². The molecule has 112 valence electrons. The Labute approximate surface area is 130 Å². The molecule has 0 saturated heterocycles. The summed E-state index contributed by atoms with van der Waals surface area (Å²) in [6.45, 7) is 0.487. The van der Waals surface area contributed by atoms with Gasteiger partial charge in [0.05, 0.1) is 12.2 Å². The van der Waals surface area contributed by atoms with E-state index in [-0.39, 0.29) is 5.91 Å². The Morgan fingerprint density at radius 2 is 2.24 bits per heavy atom. The van der Waals surface area contributed by atoms with Crippen LogP contribution in [-0.4, -0.2) is 29.6 Å². The van der Waals surface area contributed by atoms with E-state index < -0.39 is 10.8 Å². The third-order valence-corrected chi connectivity index (χ3v) is 4.77. The van der Waals surface area contributed by atoms with E-state index in [4.69, 9.17) is 4.74 Å². The molecule has 0 fully saturated rings. The molecule has 2 rings (SSSR count). The molecule has 2 aromatic rings. The molecule has 0 unspecified atom stereocenters. The van der Waals surface area contributed by atoms with Crippen molar-refractivity contribution in [3.05, 3.63) is 52.2 Å². The van der Waals surface area contributed by atoms with Gasteiger partial charge in [-0.25, -0.2) is 0 Å². The van der Waals surface area contributed by atoms with E-state index in [1.54, 1.807) is 18.6 Å². The number of benzene rings is 1. The first-order chi connectivity index (χ1) is 10.2. The third kappa shape index (κ3) is 5.08. The maximum absolute atomic E-state index is 12.0. The van der Waals surface area contributed by atoms with Crippen LogP contribution in [0.4, 0.5) is 5.69 Å². The molecule has 0 aliphatic rings. The topological polar surface area (TPSA) is 55.4 Å². The molecule has 0 aliphatic carbocycles. The van der Waals surface area contributed by atoms with Gasteiger partial charge in [0, 0.05) is 40.5 Å². The van der Waals surface area contributed by atoms with E-state index in [9.17, 15) is 9.00 Å². The van der Waals surface area contributed by atoms with Gasteiger partial charge in [-0.05, 0) is 29.1 Å². The van der Waals surface area contributed by atoms with Crippen molar-refractivity contribution in [1.82, 2.24) is 0 Å². The van der Waals surface area contributed by atoms with Gasteiger partial charge in [0.1, 0.15) is 0 Å². The zero-order valence-electron chi connectivity index (χ0n) is 11.7. The molecule has 1 atom stereocenters. The number of thiophene rings is 1. The normalized spacial score (nSPS) is 12.0. The van der Waals surface area contributed by atoms with Crippen LogP contribution in [0.2, 0.25) is 0 Å². The number of amides is 1. The quantitative estimate of drug-likeness (QED) is 0.852. The molecule has 4 nitrogen and oxygen atoms in total. The van der Waals surface area contributed by atoms with Gasteiger partial charge in [-0.3, -0.25) is 9.00 Å². The molecular weight excluding hydrogens is 306 g/mol. The number of ether oxygens (including phenoxy) is 1. The second-order valence-electron chi connectivity index (χ2n) is 4.45. The van der Waals surface area contributed by atoms with Gasteiger partial charge >= 0.3 is 0 Å². The Bertz CT molecular complexity index is 611. The van der Waals surface area contributed by atoms with E-state index >= 15 is 0 Å². The molecule has 1 N–H and O–H groups in total. The average molecular weight is 323 g/mol. The number of nitrogens with one attached hydrogen (secondary N) is 1. The summed E-state index contributed by atoms with van der Waals surface area (Å²) >= 11 is 1.48. The minimum atomic E-state index is -0.957. The lowest BCUT2D eigenvalue weighted by atomic mass is 10.2. The van der Waals surface area contributed by atoms with Crippen molar-refractivity contribution in [3.63, 3.8) is 0 Å². The Morgan fingerprint density at radius 1 is 1.38 bits per heavy atom. The molecule has 0 radical (unpaired) electrons. The zero-order chi connectivity index (χ0) is 15.1. The van der Waals surface area contributed by atoms with Crippen LogP contribution in [0.15, 0.2) is 41.1 Å². The zero-order valence-corrected chi connectivity index (χ0v) is 13.3. The first-order valence-electron chi connectivity index (χ1n) is 6.45. The fourth-order valence-electron chi connectivity index (χ4n) is 1.77. The molecule has 1 amide bonds. The van der Waals surface area contributed by atoms with Gasteiger partial charge in [-0.15, -0.1) is 0 Å². The van der Waals surface area contributed by atoms with E-state index in [1.165, 1.54) is 11.3 Å². The van der Waals surface area contributed by atoms with Crippen molar-refractivity contribution in [3.8, 4) is 0 Å². The van der Waals surface area contributed by atoms with Crippen LogP contribution >= 0.6 is 11.3 Å². The first-order valence-corrected chi connectivity index (χ1v) is 8.88. The van der Waals surface area contributed by atoms with Crippen molar-refractivity contribution in [2.75, 3.05) is 24.8 Å². The van der Waals surface area contributed by atoms with Crippen molar-refractivity contribution in [1.29, 1.82) is 0 Å². The Morgan fingerprint density at radius 3 is 2.95 bits per heavy atom. The van der Waals surface area contributed by atoms with E-state index in [2.05, 4.69) is 5.32 Å². The van der Waals surface area contributed by atoms with Gasteiger partial charge in [0.15, 0.2) is 0 Å². The lowest BCUT2D eigenvalue weighted by Crippen LogP contribution is -2.11. The molecule has 21 heavy (non-hydrogen) atoms. The highest BCUT2D eigenvalue weighted by Gasteiger charge is 2.07. The maximum Gasteiger partial charge on any atom is 0.256 e. The second kappa shape index (κ2) is 8.07. The van der Waals surface area contributed by atoms with Gasteiger partial charge in [0.2, 0.25) is 0 Å². The minimum Gasteiger partial charge on any atom is -0.384 e. The smallest absolute Gasteiger partial charge is 0.256 e. The molecule has 0 aliphatic heterocycles. The molecule has 1 aromatic heterocycles. The number of methoxy groups -OCH3 is 1. The summed E-state index contributed by atoms with van der Waals surface area (Å²) in [5.41, 5.74) is 2.30. The van der Waals surface area contributed by atoms with Crippen LogP contribution in [-0.2, 0) is 21.3 Å². The van der Waals surface area contributed by atoms with Crippen molar-refractivity contribution in [2.24, 2.45) is 0 Å². The highest BCUT2D eigenvalue weighted by atomic mass is 32.2. The summed E-state index contributed by atoms with van der Waals surface area (Å²) in [7, 11) is 0.638. The highest BCUT2D eigenvalue weighted by Crippen LogP contribution is 2.15. The van der Waals surface area contributed by atoms with Crippen molar-refractivity contribution < 1.29 is 13.7 Å². The Kier molecular flexibility index (Phi) is 6.10. The summed E-state index contributed by atoms with van der Waals surface area (Å²) in [6.07, 6.45) is 0. The third-order valence-electron chi connectivity index (χ3n) is 2.81. The maximum atomic E-state index is 12.0. The number of anilines is 1. The number of hydrogen-bond acceptors (Lipinski definition) is 4. The molecule has 0 saturated carbocycles. The largest absolute Gasteiger partial charge is 0.384 e. The van der Waals surface area contributed by atoms with Crippen LogP contribution < -0.4 is 5.32 Å².